The molecule has 2 aromatic rings. The average molecular weight is 358 g/mol. The predicted octanol–water partition coefficient (Wildman–Crippen LogP) is 3.53. The predicted molar refractivity (Wildman–Crippen MR) is 98.9 cm³/mol. The molecule has 0 aliphatic rings. The minimum Gasteiger partial charge on any atom is -0.494 e. The molecule has 7 heteroatoms. The lowest BCUT2D eigenvalue weighted by Gasteiger charge is -2.10. The van der Waals surface area contributed by atoms with Gasteiger partial charge in [0, 0.05) is 24.0 Å². The van der Waals surface area contributed by atoms with E-state index in [1.165, 1.54) is 7.11 Å². The zero-order valence-electron chi connectivity index (χ0n) is 14.8. The van der Waals surface area contributed by atoms with E-state index in [0.29, 0.717) is 35.9 Å². The number of amides is 2. The van der Waals surface area contributed by atoms with Gasteiger partial charge in [0.1, 0.15) is 12.4 Å². The maximum atomic E-state index is 12.3. The molecule has 0 saturated carbocycles. The number of carbonyl (C=O) groups excluding carboxylic acids is 2. The van der Waals surface area contributed by atoms with Gasteiger partial charge in [0.2, 0.25) is 0 Å². The summed E-state index contributed by atoms with van der Waals surface area (Å²) in [5.41, 5.74) is 1.57. The largest absolute Gasteiger partial charge is 0.494 e. The highest BCUT2D eigenvalue weighted by Gasteiger charge is 2.08. The van der Waals surface area contributed by atoms with Crippen molar-refractivity contribution < 1.29 is 23.8 Å². The molecule has 0 saturated heterocycles. The highest BCUT2D eigenvalue weighted by molar-refractivity contribution is 6.04. The Morgan fingerprint density at radius 2 is 1.65 bits per heavy atom. The van der Waals surface area contributed by atoms with Crippen LogP contribution in [0.15, 0.2) is 48.5 Å². The van der Waals surface area contributed by atoms with E-state index in [0.717, 1.165) is 0 Å². The second kappa shape index (κ2) is 10.0. The van der Waals surface area contributed by atoms with Gasteiger partial charge in [0.05, 0.1) is 13.2 Å². The lowest BCUT2D eigenvalue weighted by atomic mass is 10.2. The van der Waals surface area contributed by atoms with Crippen molar-refractivity contribution >= 4 is 23.4 Å². The van der Waals surface area contributed by atoms with Crippen LogP contribution in [0.5, 0.6) is 5.75 Å². The number of methoxy groups -OCH3 is 1. The van der Waals surface area contributed by atoms with Crippen LogP contribution in [0.4, 0.5) is 16.2 Å². The number of ether oxygens (including phenoxy) is 3. The number of benzene rings is 2. The Bertz CT molecular complexity index is 731. The monoisotopic (exact) mass is 358 g/mol. The minimum absolute atomic E-state index is 0.163. The molecule has 26 heavy (non-hydrogen) atoms. The molecule has 0 heterocycles. The van der Waals surface area contributed by atoms with Gasteiger partial charge in [-0.2, -0.15) is 0 Å². The fourth-order valence-corrected chi connectivity index (χ4v) is 2.12. The third-order valence-electron chi connectivity index (χ3n) is 3.31. The molecule has 0 aromatic heterocycles. The van der Waals surface area contributed by atoms with Gasteiger partial charge in [0.25, 0.3) is 5.91 Å². The topological polar surface area (TPSA) is 85.9 Å². The highest BCUT2D eigenvalue weighted by atomic mass is 16.6. The summed E-state index contributed by atoms with van der Waals surface area (Å²) in [6.45, 7) is 2.95. The average Bonchev–Trinajstić information content (AvgIpc) is 2.63. The number of rotatable bonds is 8. The molecule has 0 radical (unpaired) electrons. The minimum atomic E-state index is -0.586. The molecular formula is C19H22N2O5. The van der Waals surface area contributed by atoms with Crippen molar-refractivity contribution in [2.75, 3.05) is 37.6 Å². The molecule has 2 amide bonds. The zero-order chi connectivity index (χ0) is 18.8. The highest BCUT2D eigenvalue weighted by Crippen LogP contribution is 2.17. The second-order valence-electron chi connectivity index (χ2n) is 5.25. The van der Waals surface area contributed by atoms with Gasteiger partial charge < -0.3 is 19.5 Å². The lowest BCUT2D eigenvalue weighted by Crippen LogP contribution is -2.17. The Balaban J connectivity index is 1.94. The van der Waals surface area contributed by atoms with Gasteiger partial charge >= 0.3 is 6.09 Å². The standard InChI is InChI=1S/C19H22N2O5/c1-3-25-17-9-7-14(8-10-17)18(22)20-15-5-4-6-16(13-15)21-19(23)26-12-11-24-2/h4-10,13H,3,11-12H2,1-2H3,(H,20,22)(H,21,23). The molecule has 7 nitrogen and oxygen atoms in total. The van der Waals surface area contributed by atoms with Gasteiger partial charge in [-0.25, -0.2) is 4.79 Å². The number of hydrogen-bond acceptors (Lipinski definition) is 5. The smallest absolute Gasteiger partial charge is 0.411 e. The normalized spacial score (nSPS) is 10.1. The van der Waals surface area contributed by atoms with Crippen molar-refractivity contribution in [2.24, 2.45) is 0 Å². The van der Waals surface area contributed by atoms with E-state index in [1.807, 2.05) is 6.92 Å². The Morgan fingerprint density at radius 3 is 2.31 bits per heavy atom. The number of nitrogens with one attached hydrogen (secondary N) is 2. The molecule has 0 fully saturated rings. The van der Waals surface area contributed by atoms with Crippen molar-refractivity contribution in [3.05, 3.63) is 54.1 Å². The number of anilines is 2. The van der Waals surface area contributed by atoms with E-state index >= 15 is 0 Å². The lowest BCUT2D eigenvalue weighted by molar-refractivity contribution is 0.102. The first-order valence-corrected chi connectivity index (χ1v) is 8.19. The van der Waals surface area contributed by atoms with E-state index in [9.17, 15) is 9.59 Å². The molecule has 2 aromatic carbocycles. The van der Waals surface area contributed by atoms with Gasteiger partial charge in [-0.1, -0.05) is 6.07 Å². The number of carbonyl (C=O) groups is 2. The molecule has 0 atom stereocenters. The number of hydrogen-bond donors (Lipinski definition) is 2. The van der Waals surface area contributed by atoms with Crippen LogP contribution in [0.1, 0.15) is 17.3 Å². The van der Waals surface area contributed by atoms with E-state index < -0.39 is 6.09 Å². The Labute approximate surface area is 152 Å². The van der Waals surface area contributed by atoms with Crippen molar-refractivity contribution in [1.82, 2.24) is 0 Å². The fourth-order valence-electron chi connectivity index (χ4n) is 2.12. The van der Waals surface area contributed by atoms with E-state index in [4.69, 9.17) is 14.2 Å². The first-order valence-electron chi connectivity index (χ1n) is 8.19. The molecule has 138 valence electrons. The van der Waals surface area contributed by atoms with E-state index in [-0.39, 0.29) is 12.5 Å². The zero-order valence-corrected chi connectivity index (χ0v) is 14.8. The maximum Gasteiger partial charge on any atom is 0.411 e. The molecular weight excluding hydrogens is 336 g/mol. The van der Waals surface area contributed by atoms with Crippen molar-refractivity contribution in [1.29, 1.82) is 0 Å². The molecule has 0 spiro atoms. The molecule has 2 rings (SSSR count). The summed E-state index contributed by atoms with van der Waals surface area (Å²) in [6, 6.07) is 13.7. The summed E-state index contributed by atoms with van der Waals surface area (Å²) in [4.78, 5) is 24.0. The third-order valence-corrected chi connectivity index (χ3v) is 3.31. The fraction of sp³-hybridized carbons (Fsp3) is 0.263. The van der Waals surface area contributed by atoms with Crippen LogP contribution in [0.25, 0.3) is 0 Å². The molecule has 0 bridgehead atoms. The van der Waals surface area contributed by atoms with Gasteiger partial charge in [-0.05, 0) is 49.4 Å². The van der Waals surface area contributed by atoms with Crippen LogP contribution in [0.3, 0.4) is 0 Å². The van der Waals surface area contributed by atoms with Gasteiger partial charge in [0.15, 0.2) is 0 Å². The first kappa shape index (κ1) is 19.3. The Hall–Kier alpha value is -3.06. The maximum absolute atomic E-state index is 12.3. The van der Waals surface area contributed by atoms with Crippen molar-refractivity contribution in [2.45, 2.75) is 6.92 Å². The first-order chi connectivity index (χ1) is 12.6. The Kier molecular flexibility index (Phi) is 7.45. The summed E-state index contributed by atoms with van der Waals surface area (Å²) < 4.78 is 15.1. The molecule has 0 aliphatic carbocycles. The van der Waals surface area contributed by atoms with Crippen LogP contribution in [0, 0.1) is 0 Å². The summed E-state index contributed by atoms with van der Waals surface area (Å²) in [5, 5.41) is 5.37. The van der Waals surface area contributed by atoms with Crippen molar-refractivity contribution in [3.8, 4) is 5.75 Å². The molecule has 0 aliphatic heterocycles. The van der Waals surface area contributed by atoms with Gasteiger partial charge in [-0.3, -0.25) is 10.1 Å². The summed E-state index contributed by atoms with van der Waals surface area (Å²) in [7, 11) is 1.53. The summed E-state index contributed by atoms with van der Waals surface area (Å²) in [5.74, 6) is 0.454. The van der Waals surface area contributed by atoms with E-state index in [2.05, 4.69) is 10.6 Å². The van der Waals surface area contributed by atoms with Crippen LogP contribution in [-0.2, 0) is 9.47 Å². The van der Waals surface area contributed by atoms with E-state index in [1.54, 1.807) is 48.5 Å². The summed E-state index contributed by atoms with van der Waals surface area (Å²) >= 11 is 0. The van der Waals surface area contributed by atoms with Crippen LogP contribution < -0.4 is 15.4 Å². The molecule has 0 unspecified atom stereocenters. The summed E-state index contributed by atoms with van der Waals surface area (Å²) in [6.07, 6.45) is -0.586. The SMILES string of the molecule is CCOc1ccc(C(=O)Nc2cccc(NC(=O)OCCOC)c2)cc1. The Morgan fingerprint density at radius 1 is 0.962 bits per heavy atom. The van der Waals surface area contributed by atoms with Crippen LogP contribution in [-0.4, -0.2) is 38.9 Å². The quantitative estimate of drug-likeness (QED) is 0.705. The van der Waals surface area contributed by atoms with Crippen molar-refractivity contribution in [3.63, 3.8) is 0 Å². The third kappa shape index (κ3) is 6.10. The van der Waals surface area contributed by atoms with Gasteiger partial charge in [-0.15, -0.1) is 0 Å². The van der Waals surface area contributed by atoms with Crippen LogP contribution in [0.2, 0.25) is 0 Å². The molecule has 2 N–H and O–H groups in total. The second-order valence-corrected chi connectivity index (χ2v) is 5.25. The van der Waals surface area contributed by atoms with Crippen LogP contribution >= 0.6 is 0 Å².